The molecule has 0 spiro atoms. The highest BCUT2D eigenvalue weighted by Crippen LogP contribution is 2.29. The molecule has 0 bridgehead atoms. The fourth-order valence-electron chi connectivity index (χ4n) is 3.44. The molecule has 0 aliphatic carbocycles. The first-order chi connectivity index (χ1) is 10.2. The largest absolute Gasteiger partial charge is 0.342 e. The molecule has 2 aliphatic heterocycles. The summed E-state index contributed by atoms with van der Waals surface area (Å²) in [6.45, 7) is 3.96. The Bertz CT molecular complexity index is 482. The SMILES string of the molecule is O=C(CCC1CCNC1)N1CCC(c2ccc(Cl)cc2)C1. The lowest BCUT2D eigenvalue weighted by Crippen LogP contribution is -2.28. The number of carbonyl (C=O) groups excluding carboxylic acids is 1. The van der Waals surface area contributed by atoms with Crippen molar-refractivity contribution >= 4 is 17.5 Å². The Labute approximate surface area is 131 Å². The third-order valence-electron chi connectivity index (χ3n) is 4.81. The Hall–Kier alpha value is -1.06. The van der Waals surface area contributed by atoms with Gasteiger partial charge in [0.1, 0.15) is 0 Å². The van der Waals surface area contributed by atoms with E-state index in [4.69, 9.17) is 11.6 Å². The summed E-state index contributed by atoms with van der Waals surface area (Å²) in [6, 6.07) is 8.05. The van der Waals surface area contributed by atoms with Gasteiger partial charge >= 0.3 is 0 Å². The average Bonchev–Trinajstić information content (AvgIpc) is 3.17. The molecule has 1 aromatic carbocycles. The molecule has 114 valence electrons. The fraction of sp³-hybridized carbons (Fsp3) is 0.588. The van der Waals surface area contributed by atoms with Crippen LogP contribution in [0.2, 0.25) is 5.02 Å². The van der Waals surface area contributed by atoms with Crippen LogP contribution in [0.1, 0.15) is 37.2 Å². The summed E-state index contributed by atoms with van der Waals surface area (Å²) in [7, 11) is 0. The Balaban J connectivity index is 1.49. The highest BCUT2D eigenvalue weighted by molar-refractivity contribution is 6.30. The Morgan fingerprint density at radius 2 is 2.10 bits per heavy atom. The van der Waals surface area contributed by atoms with Gasteiger partial charge in [0.05, 0.1) is 0 Å². The van der Waals surface area contributed by atoms with E-state index in [0.29, 0.717) is 24.2 Å². The van der Waals surface area contributed by atoms with Gasteiger partial charge in [0.25, 0.3) is 0 Å². The summed E-state index contributed by atoms with van der Waals surface area (Å²) in [4.78, 5) is 14.4. The van der Waals surface area contributed by atoms with Crippen molar-refractivity contribution in [2.75, 3.05) is 26.2 Å². The van der Waals surface area contributed by atoms with Crippen LogP contribution in [0.4, 0.5) is 0 Å². The lowest BCUT2D eigenvalue weighted by Gasteiger charge is -2.18. The average molecular weight is 307 g/mol. The van der Waals surface area contributed by atoms with Crippen LogP contribution < -0.4 is 5.32 Å². The van der Waals surface area contributed by atoms with E-state index in [2.05, 4.69) is 17.4 Å². The third kappa shape index (κ3) is 3.78. The predicted octanol–water partition coefficient (Wildman–Crippen LogP) is 3.05. The standard InChI is InChI=1S/C17H23ClN2O/c18-16-4-2-14(3-5-16)15-8-10-20(12-15)17(21)6-1-13-7-9-19-11-13/h2-5,13,15,19H,1,6-12H2. The van der Waals surface area contributed by atoms with E-state index < -0.39 is 0 Å². The predicted molar refractivity (Wildman–Crippen MR) is 85.6 cm³/mol. The second-order valence-corrected chi connectivity index (χ2v) is 6.71. The van der Waals surface area contributed by atoms with Crippen molar-refractivity contribution in [3.63, 3.8) is 0 Å². The fourth-order valence-corrected chi connectivity index (χ4v) is 3.57. The first-order valence-electron chi connectivity index (χ1n) is 7.96. The number of hydrogen-bond acceptors (Lipinski definition) is 2. The quantitative estimate of drug-likeness (QED) is 0.927. The molecule has 2 atom stereocenters. The highest BCUT2D eigenvalue weighted by atomic mass is 35.5. The molecule has 0 radical (unpaired) electrons. The van der Waals surface area contributed by atoms with Crippen LogP contribution in [0.3, 0.4) is 0 Å². The number of nitrogens with one attached hydrogen (secondary N) is 1. The molecule has 1 N–H and O–H groups in total. The normalized spacial score (nSPS) is 25.5. The van der Waals surface area contributed by atoms with Crippen molar-refractivity contribution in [2.24, 2.45) is 5.92 Å². The molecule has 1 aromatic rings. The van der Waals surface area contributed by atoms with Crippen LogP contribution in [-0.4, -0.2) is 37.0 Å². The van der Waals surface area contributed by atoms with Gasteiger partial charge < -0.3 is 10.2 Å². The Morgan fingerprint density at radius 1 is 1.29 bits per heavy atom. The van der Waals surface area contributed by atoms with E-state index in [-0.39, 0.29) is 0 Å². The topological polar surface area (TPSA) is 32.3 Å². The number of hydrogen-bond donors (Lipinski definition) is 1. The van der Waals surface area contributed by atoms with Crippen molar-refractivity contribution in [1.82, 2.24) is 10.2 Å². The van der Waals surface area contributed by atoms with Gasteiger partial charge in [-0.1, -0.05) is 23.7 Å². The second-order valence-electron chi connectivity index (χ2n) is 6.27. The number of benzene rings is 1. The molecule has 2 unspecified atom stereocenters. The summed E-state index contributed by atoms with van der Waals surface area (Å²) < 4.78 is 0. The van der Waals surface area contributed by atoms with E-state index >= 15 is 0 Å². The third-order valence-corrected chi connectivity index (χ3v) is 5.06. The van der Waals surface area contributed by atoms with Crippen molar-refractivity contribution in [1.29, 1.82) is 0 Å². The van der Waals surface area contributed by atoms with Gasteiger partial charge in [-0.15, -0.1) is 0 Å². The van der Waals surface area contributed by atoms with Crippen molar-refractivity contribution in [2.45, 2.75) is 31.6 Å². The molecule has 0 aromatic heterocycles. The van der Waals surface area contributed by atoms with E-state index in [1.807, 2.05) is 17.0 Å². The van der Waals surface area contributed by atoms with E-state index in [0.717, 1.165) is 44.0 Å². The zero-order chi connectivity index (χ0) is 14.7. The van der Waals surface area contributed by atoms with Crippen LogP contribution in [0.25, 0.3) is 0 Å². The van der Waals surface area contributed by atoms with Gasteiger partial charge in [-0.2, -0.15) is 0 Å². The van der Waals surface area contributed by atoms with Gasteiger partial charge in [-0.25, -0.2) is 0 Å². The highest BCUT2D eigenvalue weighted by Gasteiger charge is 2.27. The first-order valence-corrected chi connectivity index (χ1v) is 8.34. The van der Waals surface area contributed by atoms with Crippen LogP contribution in [0.15, 0.2) is 24.3 Å². The van der Waals surface area contributed by atoms with Gasteiger partial charge in [-0.05, 0) is 56.0 Å². The number of likely N-dealkylation sites (tertiary alicyclic amines) is 1. The summed E-state index contributed by atoms with van der Waals surface area (Å²) >= 11 is 5.93. The van der Waals surface area contributed by atoms with Crippen LogP contribution in [-0.2, 0) is 4.79 Å². The van der Waals surface area contributed by atoms with E-state index in [1.165, 1.54) is 12.0 Å². The molecule has 2 fully saturated rings. The van der Waals surface area contributed by atoms with Gasteiger partial charge in [0.2, 0.25) is 5.91 Å². The maximum atomic E-state index is 12.3. The minimum Gasteiger partial charge on any atom is -0.342 e. The van der Waals surface area contributed by atoms with Gasteiger partial charge in [0.15, 0.2) is 0 Å². The van der Waals surface area contributed by atoms with Crippen molar-refractivity contribution in [3.05, 3.63) is 34.9 Å². The lowest BCUT2D eigenvalue weighted by molar-refractivity contribution is -0.130. The summed E-state index contributed by atoms with van der Waals surface area (Å²) in [5, 5.41) is 4.14. The molecule has 2 aliphatic rings. The minimum absolute atomic E-state index is 0.332. The second kappa shape index (κ2) is 6.80. The molecular formula is C17H23ClN2O. The van der Waals surface area contributed by atoms with E-state index in [1.54, 1.807) is 0 Å². The zero-order valence-corrected chi connectivity index (χ0v) is 13.1. The maximum Gasteiger partial charge on any atom is 0.222 e. The van der Waals surface area contributed by atoms with Crippen LogP contribution in [0.5, 0.6) is 0 Å². The van der Waals surface area contributed by atoms with Crippen LogP contribution >= 0.6 is 11.6 Å². The molecule has 0 saturated carbocycles. The van der Waals surface area contributed by atoms with Crippen molar-refractivity contribution in [3.8, 4) is 0 Å². The number of rotatable bonds is 4. The van der Waals surface area contributed by atoms with Crippen LogP contribution in [0, 0.1) is 5.92 Å². The maximum absolute atomic E-state index is 12.3. The lowest BCUT2D eigenvalue weighted by atomic mass is 9.99. The monoisotopic (exact) mass is 306 g/mol. The zero-order valence-electron chi connectivity index (χ0n) is 12.4. The van der Waals surface area contributed by atoms with Crippen molar-refractivity contribution < 1.29 is 4.79 Å². The molecule has 2 heterocycles. The molecule has 4 heteroatoms. The number of nitrogens with zero attached hydrogens (tertiary/aromatic N) is 1. The summed E-state index contributed by atoms with van der Waals surface area (Å²) in [5.41, 5.74) is 1.30. The summed E-state index contributed by atoms with van der Waals surface area (Å²) in [6.07, 6.45) is 4.03. The molecule has 3 nitrogen and oxygen atoms in total. The van der Waals surface area contributed by atoms with Gasteiger partial charge in [0, 0.05) is 30.5 Å². The molecule has 1 amide bonds. The number of amides is 1. The number of carbonyl (C=O) groups is 1. The van der Waals surface area contributed by atoms with Gasteiger partial charge in [-0.3, -0.25) is 4.79 Å². The Morgan fingerprint density at radius 3 is 2.81 bits per heavy atom. The number of halogens is 1. The smallest absolute Gasteiger partial charge is 0.222 e. The first kappa shape index (κ1) is 14.9. The molecule has 21 heavy (non-hydrogen) atoms. The molecular weight excluding hydrogens is 284 g/mol. The van der Waals surface area contributed by atoms with E-state index in [9.17, 15) is 4.79 Å². The molecule has 2 saturated heterocycles. The Kier molecular flexibility index (Phi) is 4.81. The summed E-state index contributed by atoms with van der Waals surface area (Å²) in [5.74, 6) is 1.50. The minimum atomic E-state index is 0.332. The molecule has 3 rings (SSSR count).